The molecule has 0 amide bonds. The summed E-state index contributed by atoms with van der Waals surface area (Å²) >= 11 is 7.02. The van der Waals surface area contributed by atoms with Gasteiger partial charge in [-0.15, -0.1) is 11.3 Å². The van der Waals surface area contributed by atoms with E-state index in [4.69, 9.17) is 17.0 Å². The maximum absolute atomic E-state index is 5.39. The highest BCUT2D eigenvalue weighted by Crippen LogP contribution is 2.25. The number of morpholine rings is 1. The van der Waals surface area contributed by atoms with E-state index in [1.54, 1.807) is 17.6 Å². The molecule has 3 rings (SSSR count). The van der Waals surface area contributed by atoms with E-state index >= 15 is 0 Å². The zero-order valence-electron chi connectivity index (χ0n) is 14.4. The molecule has 2 aromatic rings. The van der Waals surface area contributed by atoms with E-state index in [0.29, 0.717) is 5.11 Å². The molecule has 1 aliphatic rings. The summed E-state index contributed by atoms with van der Waals surface area (Å²) in [6, 6.07) is 10.3. The van der Waals surface area contributed by atoms with Crippen LogP contribution < -0.4 is 15.6 Å². The average Bonchev–Trinajstić information content (AvgIpc) is 3.09. The van der Waals surface area contributed by atoms with Gasteiger partial charge < -0.3 is 15.0 Å². The predicted molar refractivity (Wildman–Crippen MR) is 110 cm³/mol. The maximum Gasteiger partial charge on any atom is 0.191 e. The number of thiophene rings is 1. The van der Waals surface area contributed by atoms with Gasteiger partial charge in [0, 0.05) is 23.7 Å². The van der Waals surface area contributed by atoms with Gasteiger partial charge in [0.05, 0.1) is 24.4 Å². The summed E-state index contributed by atoms with van der Waals surface area (Å²) in [5, 5.41) is 9.15. The van der Waals surface area contributed by atoms with E-state index in [1.165, 1.54) is 16.1 Å². The summed E-state index contributed by atoms with van der Waals surface area (Å²) in [4.78, 5) is 3.43. The lowest BCUT2D eigenvalue weighted by atomic mass is 10.1. The number of hydrogen-bond acceptors (Lipinski definition) is 5. The fourth-order valence-electron chi connectivity index (χ4n) is 2.56. The summed E-state index contributed by atoms with van der Waals surface area (Å²) < 4.78 is 5.39. The normalized spacial score (nSPS) is 14.7. The molecular weight excluding hydrogens is 352 g/mol. The van der Waals surface area contributed by atoms with Crippen LogP contribution in [0.5, 0.6) is 0 Å². The highest BCUT2D eigenvalue weighted by Gasteiger charge is 2.12. The lowest BCUT2D eigenvalue weighted by Crippen LogP contribution is -2.35. The van der Waals surface area contributed by atoms with Crippen LogP contribution in [0.15, 0.2) is 35.4 Å². The predicted octanol–water partition coefficient (Wildman–Crippen LogP) is 3.52. The Morgan fingerprint density at radius 3 is 2.84 bits per heavy atom. The zero-order chi connectivity index (χ0) is 17.6. The number of aryl methyl sites for hydroxylation is 1. The molecule has 132 valence electrons. The van der Waals surface area contributed by atoms with Crippen LogP contribution in [0.25, 0.3) is 0 Å². The molecule has 1 saturated heterocycles. The van der Waals surface area contributed by atoms with E-state index in [2.05, 4.69) is 52.8 Å². The minimum absolute atomic E-state index is 0.481. The summed E-state index contributed by atoms with van der Waals surface area (Å²) in [5.41, 5.74) is 6.29. The first-order chi connectivity index (χ1) is 12.1. The molecule has 0 spiro atoms. The molecule has 1 fully saturated rings. The van der Waals surface area contributed by atoms with Crippen molar-refractivity contribution in [1.29, 1.82) is 0 Å². The van der Waals surface area contributed by atoms with E-state index in [0.717, 1.165) is 36.9 Å². The molecule has 0 unspecified atom stereocenters. The van der Waals surface area contributed by atoms with Gasteiger partial charge in [-0.3, -0.25) is 5.43 Å². The van der Waals surface area contributed by atoms with Crippen molar-refractivity contribution in [3.05, 3.63) is 46.3 Å². The highest BCUT2D eigenvalue weighted by atomic mass is 32.1. The first-order valence-electron chi connectivity index (χ1n) is 8.22. The van der Waals surface area contributed by atoms with Crippen LogP contribution in [0.4, 0.5) is 10.7 Å². The molecule has 5 nitrogen and oxygen atoms in total. The molecule has 1 aromatic carbocycles. The molecule has 1 aliphatic heterocycles. The van der Waals surface area contributed by atoms with Gasteiger partial charge in [-0.05, 0) is 55.4 Å². The Labute approximate surface area is 157 Å². The number of hydrogen-bond donors (Lipinski definition) is 2. The van der Waals surface area contributed by atoms with E-state index in [-0.39, 0.29) is 0 Å². The van der Waals surface area contributed by atoms with Gasteiger partial charge in [0.2, 0.25) is 0 Å². The number of nitrogens with one attached hydrogen (secondary N) is 2. The summed E-state index contributed by atoms with van der Waals surface area (Å²) in [6.07, 6.45) is 1.80. The van der Waals surface area contributed by atoms with Gasteiger partial charge in [0.1, 0.15) is 0 Å². The third-order valence-electron chi connectivity index (χ3n) is 4.15. The number of benzene rings is 1. The molecule has 0 radical (unpaired) electrons. The van der Waals surface area contributed by atoms with E-state index < -0.39 is 0 Å². The van der Waals surface area contributed by atoms with Gasteiger partial charge >= 0.3 is 0 Å². The zero-order valence-corrected chi connectivity index (χ0v) is 16.0. The molecule has 25 heavy (non-hydrogen) atoms. The van der Waals surface area contributed by atoms with Crippen LogP contribution in [0, 0.1) is 13.8 Å². The Hall–Kier alpha value is -1.96. The van der Waals surface area contributed by atoms with Crippen LogP contribution >= 0.6 is 23.6 Å². The molecule has 2 heterocycles. The number of nitrogens with zero attached hydrogens (tertiary/aromatic N) is 2. The number of ether oxygens (including phenoxy) is 1. The summed E-state index contributed by atoms with van der Waals surface area (Å²) in [6.45, 7) is 7.63. The maximum atomic E-state index is 5.39. The number of anilines is 2. The first kappa shape index (κ1) is 17.8. The third kappa shape index (κ3) is 4.78. The van der Waals surface area contributed by atoms with Crippen molar-refractivity contribution in [2.75, 3.05) is 36.5 Å². The fourth-order valence-corrected chi connectivity index (χ4v) is 3.65. The van der Waals surface area contributed by atoms with Gasteiger partial charge in [-0.2, -0.15) is 5.10 Å². The SMILES string of the molecule is Cc1cccc(NC(=S)N/N=C\c2ccc(N3CCOCC3)s2)c1C. The Morgan fingerprint density at radius 1 is 1.24 bits per heavy atom. The Kier molecular flexibility index (Phi) is 6.01. The molecule has 0 atom stereocenters. The summed E-state index contributed by atoms with van der Waals surface area (Å²) in [5.74, 6) is 0. The van der Waals surface area contributed by atoms with Crippen molar-refractivity contribution in [3.63, 3.8) is 0 Å². The van der Waals surface area contributed by atoms with Crippen LogP contribution in [0.2, 0.25) is 0 Å². The van der Waals surface area contributed by atoms with Gasteiger partial charge in [-0.1, -0.05) is 12.1 Å². The van der Waals surface area contributed by atoms with Gasteiger partial charge in [0.25, 0.3) is 0 Å². The monoisotopic (exact) mass is 374 g/mol. The highest BCUT2D eigenvalue weighted by molar-refractivity contribution is 7.80. The van der Waals surface area contributed by atoms with Crippen molar-refractivity contribution in [1.82, 2.24) is 5.43 Å². The quantitative estimate of drug-likeness (QED) is 0.487. The minimum Gasteiger partial charge on any atom is -0.378 e. The lowest BCUT2D eigenvalue weighted by molar-refractivity contribution is 0.123. The smallest absolute Gasteiger partial charge is 0.191 e. The number of hydrazone groups is 1. The van der Waals surface area contributed by atoms with E-state index in [1.807, 2.05) is 12.1 Å². The molecule has 0 saturated carbocycles. The third-order valence-corrected chi connectivity index (χ3v) is 5.42. The number of thiocarbonyl (C=S) groups is 1. The van der Waals surface area contributed by atoms with Crippen molar-refractivity contribution < 1.29 is 4.74 Å². The lowest BCUT2D eigenvalue weighted by Gasteiger charge is -2.27. The summed E-state index contributed by atoms with van der Waals surface area (Å²) in [7, 11) is 0. The second kappa shape index (κ2) is 8.42. The number of rotatable bonds is 4. The topological polar surface area (TPSA) is 48.9 Å². The van der Waals surface area contributed by atoms with Crippen molar-refractivity contribution in [2.24, 2.45) is 5.10 Å². The average molecular weight is 375 g/mol. The fraction of sp³-hybridized carbons (Fsp3) is 0.333. The Morgan fingerprint density at radius 2 is 2.04 bits per heavy atom. The second-order valence-electron chi connectivity index (χ2n) is 5.85. The largest absolute Gasteiger partial charge is 0.378 e. The second-order valence-corrected chi connectivity index (χ2v) is 7.35. The first-order valence-corrected chi connectivity index (χ1v) is 9.45. The molecule has 2 N–H and O–H groups in total. The van der Waals surface area contributed by atoms with Gasteiger partial charge in [-0.25, -0.2) is 0 Å². The minimum atomic E-state index is 0.481. The Bertz CT molecular complexity index is 766. The molecule has 7 heteroatoms. The van der Waals surface area contributed by atoms with Crippen molar-refractivity contribution in [2.45, 2.75) is 13.8 Å². The van der Waals surface area contributed by atoms with E-state index in [9.17, 15) is 0 Å². The van der Waals surface area contributed by atoms with Gasteiger partial charge in [0.15, 0.2) is 5.11 Å². The molecule has 1 aromatic heterocycles. The van der Waals surface area contributed by atoms with Crippen LogP contribution in [-0.2, 0) is 4.74 Å². The molecule has 0 bridgehead atoms. The Balaban J connectivity index is 1.53. The van der Waals surface area contributed by atoms with Crippen LogP contribution in [0.1, 0.15) is 16.0 Å². The van der Waals surface area contributed by atoms with Crippen molar-refractivity contribution >= 4 is 45.6 Å². The van der Waals surface area contributed by atoms with Crippen LogP contribution in [0.3, 0.4) is 0 Å². The standard InChI is InChI=1S/C18H22N4OS2/c1-13-4-3-5-16(14(13)2)20-18(24)21-19-12-15-6-7-17(25-15)22-8-10-23-11-9-22/h3-7,12H,8-11H2,1-2H3,(H2,20,21,24)/b19-12-. The van der Waals surface area contributed by atoms with Crippen molar-refractivity contribution in [3.8, 4) is 0 Å². The molecular formula is C18H22N4OS2. The van der Waals surface area contributed by atoms with Crippen LogP contribution in [-0.4, -0.2) is 37.6 Å². The molecule has 0 aliphatic carbocycles.